The summed E-state index contributed by atoms with van der Waals surface area (Å²) in [6.07, 6.45) is 6.77. The summed E-state index contributed by atoms with van der Waals surface area (Å²) in [5.74, 6) is 1.75. The highest BCUT2D eigenvalue weighted by Gasteiger charge is 2.24. The molecule has 0 amide bonds. The molecule has 0 bridgehead atoms. The van der Waals surface area contributed by atoms with Crippen molar-refractivity contribution in [2.75, 3.05) is 58.9 Å². The predicted molar refractivity (Wildman–Crippen MR) is 105 cm³/mol. The monoisotopic (exact) mass is 348 g/mol. The Morgan fingerprint density at radius 2 is 1.44 bits per heavy atom. The molecule has 3 saturated heterocycles. The Bertz CT molecular complexity index is 378. The third-order valence-electron chi connectivity index (χ3n) is 6.33. The van der Waals surface area contributed by atoms with Crippen molar-refractivity contribution in [3.8, 4) is 0 Å². The number of hydrogen-bond acceptors (Lipinski definition) is 4. The normalized spacial score (nSPS) is 33.5. The highest BCUT2D eigenvalue weighted by Crippen LogP contribution is 2.21. The summed E-state index contributed by atoms with van der Waals surface area (Å²) in [6, 6.07) is 0.809. The first-order chi connectivity index (χ1) is 12.1. The number of hydrogen-bond donors (Lipinski definition) is 0. The van der Waals surface area contributed by atoms with Gasteiger partial charge in [-0.3, -0.25) is 9.80 Å². The van der Waals surface area contributed by atoms with Crippen LogP contribution in [0, 0.1) is 18.5 Å². The van der Waals surface area contributed by atoms with E-state index in [4.69, 9.17) is 0 Å². The highest BCUT2D eigenvalue weighted by molar-refractivity contribution is 4.82. The van der Waals surface area contributed by atoms with E-state index in [1.807, 2.05) is 0 Å². The first-order valence-electron chi connectivity index (χ1n) is 10.8. The smallest absolute Gasteiger partial charge is 0.146 e. The molecule has 3 rings (SSSR count). The fourth-order valence-electron chi connectivity index (χ4n) is 5.11. The van der Waals surface area contributed by atoms with Gasteiger partial charge in [0.05, 0.1) is 0 Å². The zero-order chi connectivity index (χ0) is 17.6. The maximum atomic E-state index is 3.61. The van der Waals surface area contributed by atoms with Crippen molar-refractivity contribution < 1.29 is 0 Å². The molecule has 0 aromatic heterocycles. The lowest BCUT2D eigenvalue weighted by Crippen LogP contribution is -2.40. The molecule has 3 atom stereocenters. The minimum atomic E-state index is 0.809. The van der Waals surface area contributed by atoms with Crippen LogP contribution in [-0.4, -0.2) is 84.5 Å². The fourth-order valence-corrected chi connectivity index (χ4v) is 5.11. The van der Waals surface area contributed by atoms with E-state index < -0.39 is 0 Å². The summed E-state index contributed by atoms with van der Waals surface area (Å²) in [5, 5.41) is 0. The molecule has 0 saturated carbocycles. The molecule has 3 unspecified atom stereocenters. The highest BCUT2D eigenvalue weighted by atomic mass is 15.4. The largest absolute Gasteiger partial charge is 0.303 e. The molecule has 0 spiro atoms. The van der Waals surface area contributed by atoms with E-state index in [1.165, 1.54) is 91.0 Å². The molecule has 2 radical (unpaired) electrons. The first-order valence-corrected chi connectivity index (χ1v) is 10.8. The van der Waals surface area contributed by atoms with Crippen molar-refractivity contribution in [1.29, 1.82) is 0 Å². The maximum absolute atomic E-state index is 3.61. The summed E-state index contributed by atoms with van der Waals surface area (Å²) in [5.41, 5.74) is 0. The molecule has 144 valence electrons. The van der Waals surface area contributed by atoms with Crippen LogP contribution in [0.25, 0.3) is 0 Å². The summed E-state index contributed by atoms with van der Waals surface area (Å²) in [7, 11) is 0. The molecular weight excluding hydrogens is 308 g/mol. The van der Waals surface area contributed by atoms with Crippen LogP contribution in [0.5, 0.6) is 0 Å². The van der Waals surface area contributed by atoms with Crippen molar-refractivity contribution in [1.82, 2.24) is 19.6 Å². The van der Waals surface area contributed by atoms with Crippen LogP contribution in [0.1, 0.15) is 52.9 Å². The van der Waals surface area contributed by atoms with E-state index in [0.29, 0.717) is 0 Å². The molecule has 4 heteroatoms. The minimum Gasteiger partial charge on any atom is -0.303 e. The molecule has 25 heavy (non-hydrogen) atoms. The predicted octanol–water partition coefficient (Wildman–Crippen LogP) is 2.84. The van der Waals surface area contributed by atoms with Crippen LogP contribution in [0.15, 0.2) is 0 Å². The zero-order valence-corrected chi connectivity index (χ0v) is 16.9. The lowest BCUT2D eigenvalue weighted by Gasteiger charge is -2.35. The third-order valence-corrected chi connectivity index (χ3v) is 6.33. The van der Waals surface area contributed by atoms with Crippen molar-refractivity contribution in [2.45, 2.75) is 58.9 Å². The van der Waals surface area contributed by atoms with Crippen molar-refractivity contribution in [3.63, 3.8) is 0 Å². The van der Waals surface area contributed by atoms with Gasteiger partial charge < -0.3 is 9.80 Å². The first kappa shape index (κ1) is 19.6. The van der Waals surface area contributed by atoms with Crippen molar-refractivity contribution in [2.24, 2.45) is 11.8 Å². The molecule has 0 aromatic rings. The Morgan fingerprint density at radius 1 is 0.800 bits per heavy atom. The van der Waals surface area contributed by atoms with Crippen LogP contribution in [0.4, 0.5) is 0 Å². The minimum absolute atomic E-state index is 0.809. The molecule has 4 nitrogen and oxygen atoms in total. The number of piperidine rings is 1. The van der Waals surface area contributed by atoms with E-state index >= 15 is 0 Å². The second-order valence-electron chi connectivity index (χ2n) is 9.01. The Morgan fingerprint density at radius 3 is 2.04 bits per heavy atom. The molecule has 3 aliphatic heterocycles. The van der Waals surface area contributed by atoms with Gasteiger partial charge in [-0.2, -0.15) is 0 Å². The third kappa shape index (κ3) is 6.20. The van der Waals surface area contributed by atoms with Crippen LogP contribution in [-0.2, 0) is 0 Å². The Kier molecular flexibility index (Phi) is 7.59. The van der Waals surface area contributed by atoms with E-state index in [0.717, 1.165) is 17.9 Å². The van der Waals surface area contributed by atoms with E-state index in [2.05, 4.69) is 47.0 Å². The summed E-state index contributed by atoms with van der Waals surface area (Å²) in [4.78, 5) is 10.2. The van der Waals surface area contributed by atoms with E-state index in [1.54, 1.807) is 0 Å². The van der Waals surface area contributed by atoms with Gasteiger partial charge in [0.2, 0.25) is 0 Å². The summed E-state index contributed by atoms with van der Waals surface area (Å²) in [6.45, 7) is 22.0. The van der Waals surface area contributed by atoms with Gasteiger partial charge in [0.1, 0.15) is 6.67 Å². The van der Waals surface area contributed by atoms with E-state index in [9.17, 15) is 0 Å². The standard InChI is InChI=1S/C21H40N4/c1-19-15-20(2)17-24(16-19)10-5-8-22-13-14-23(18-22)9-6-12-25-11-4-7-21(25)3/h19-21H,4-17H2,1-3H3. The van der Waals surface area contributed by atoms with Crippen molar-refractivity contribution >= 4 is 0 Å². The zero-order valence-electron chi connectivity index (χ0n) is 16.9. The quantitative estimate of drug-likeness (QED) is 0.669. The molecule has 3 heterocycles. The van der Waals surface area contributed by atoms with Gasteiger partial charge in [-0.1, -0.05) is 13.8 Å². The van der Waals surface area contributed by atoms with Gasteiger partial charge in [0, 0.05) is 45.3 Å². The molecule has 0 aliphatic carbocycles. The summed E-state index contributed by atoms with van der Waals surface area (Å²) >= 11 is 0. The number of rotatable bonds is 8. The molecule has 0 N–H and O–H groups in total. The van der Waals surface area contributed by atoms with Crippen LogP contribution in [0.2, 0.25) is 0 Å². The van der Waals surface area contributed by atoms with Gasteiger partial charge >= 0.3 is 0 Å². The Labute approximate surface area is 156 Å². The lowest BCUT2D eigenvalue weighted by molar-refractivity contribution is 0.135. The Balaban J connectivity index is 1.24. The topological polar surface area (TPSA) is 13.0 Å². The number of likely N-dealkylation sites (tertiary alicyclic amines) is 2. The second kappa shape index (κ2) is 9.68. The van der Waals surface area contributed by atoms with Crippen molar-refractivity contribution in [3.05, 3.63) is 6.67 Å². The van der Waals surface area contributed by atoms with Gasteiger partial charge in [0.15, 0.2) is 0 Å². The Hall–Kier alpha value is -0.160. The van der Waals surface area contributed by atoms with Crippen LogP contribution >= 0.6 is 0 Å². The summed E-state index contributed by atoms with van der Waals surface area (Å²) < 4.78 is 0. The second-order valence-corrected chi connectivity index (χ2v) is 9.01. The maximum Gasteiger partial charge on any atom is 0.146 e. The fraction of sp³-hybridized carbons (Fsp3) is 0.952. The molecule has 3 fully saturated rings. The molecule has 0 aromatic carbocycles. The van der Waals surface area contributed by atoms with Gasteiger partial charge in [0.25, 0.3) is 0 Å². The number of nitrogens with zero attached hydrogens (tertiary/aromatic N) is 4. The van der Waals surface area contributed by atoms with Crippen LogP contribution in [0.3, 0.4) is 0 Å². The average molecular weight is 349 g/mol. The lowest BCUT2D eigenvalue weighted by atomic mass is 9.92. The van der Waals surface area contributed by atoms with Gasteiger partial charge in [-0.05, 0) is 70.5 Å². The SMILES string of the molecule is CC1CC(C)CN(CCCN2[C]N(CCCN3CCCC3C)CC2)C1. The van der Waals surface area contributed by atoms with Gasteiger partial charge in [-0.25, -0.2) is 0 Å². The van der Waals surface area contributed by atoms with E-state index in [-0.39, 0.29) is 0 Å². The molecular formula is C21H40N4. The van der Waals surface area contributed by atoms with Crippen LogP contribution < -0.4 is 0 Å². The average Bonchev–Trinajstić information content (AvgIpc) is 3.16. The van der Waals surface area contributed by atoms with Gasteiger partial charge in [-0.15, -0.1) is 0 Å². The molecule has 3 aliphatic rings.